The Morgan fingerprint density at radius 1 is 1.15 bits per heavy atom. The average molecular weight is 371 g/mol. The number of carbonyl (C=O) groups is 2. The van der Waals surface area contributed by atoms with E-state index in [0.717, 1.165) is 32.4 Å². The van der Waals surface area contributed by atoms with Crippen molar-refractivity contribution in [3.8, 4) is 0 Å². The summed E-state index contributed by atoms with van der Waals surface area (Å²) in [5.41, 5.74) is 7.15. The van der Waals surface area contributed by atoms with Crippen molar-refractivity contribution in [3.63, 3.8) is 0 Å². The molecule has 2 N–H and O–H groups in total. The van der Waals surface area contributed by atoms with Crippen LogP contribution >= 0.6 is 0 Å². The number of nitrogens with zero attached hydrogens (tertiary/aromatic N) is 3. The number of hydrogen-bond donors (Lipinski definition) is 2. The maximum Gasteiger partial charge on any atom is 0.254 e. The topological polar surface area (TPSA) is 77.6 Å². The van der Waals surface area contributed by atoms with E-state index in [2.05, 4.69) is 29.7 Å². The summed E-state index contributed by atoms with van der Waals surface area (Å²) in [6.45, 7) is 6.38. The van der Waals surface area contributed by atoms with Crippen molar-refractivity contribution in [1.82, 2.24) is 25.6 Å². The van der Waals surface area contributed by atoms with Gasteiger partial charge in [0.2, 0.25) is 5.91 Å². The Bertz CT molecular complexity index is 697. The van der Waals surface area contributed by atoms with E-state index in [9.17, 15) is 9.59 Å². The molecule has 4 aliphatic rings. The fraction of sp³-hybridized carbons (Fsp3) is 0.650. The van der Waals surface area contributed by atoms with Crippen molar-refractivity contribution in [2.45, 2.75) is 51.2 Å². The van der Waals surface area contributed by atoms with Gasteiger partial charge in [-0.15, -0.1) is 0 Å². The molecule has 1 aromatic rings. The molecule has 1 aromatic heterocycles. The van der Waals surface area contributed by atoms with Crippen LogP contribution in [0, 0.1) is 11.8 Å². The molecule has 0 aliphatic carbocycles. The molecule has 5 atom stereocenters. The van der Waals surface area contributed by atoms with Gasteiger partial charge in [-0.05, 0) is 43.2 Å². The highest BCUT2D eigenvalue weighted by atomic mass is 16.2. The molecule has 2 amide bonds. The zero-order valence-electron chi connectivity index (χ0n) is 16.1. The lowest BCUT2D eigenvalue weighted by Gasteiger charge is -2.38. The maximum atomic E-state index is 13.3. The van der Waals surface area contributed by atoms with Gasteiger partial charge in [0.25, 0.3) is 5.91 Å². The highest BCUT2D eigenvalue weighted by Gasteiger charge is 2.44. The minimum Gasteiger partial charge on any atom is -0.336 e. The third kappa shape index (κ3) is 3.46. The third-order valence-corrected chi connectivity index (χ3v) is 6.50. The molecule has 27 heavy (non-hydrogen) atoms. The molecule has 7 heteroatoms. The Morgan fingerprint density at radius 2 is 1.93 bits per heavy atom. The van der Waals surface area contributed by atoms with Crippen LogP contribution in [0.25, 0.3) is 0 Å². The molecule has 4 fully saturated rings. The normalized spacial score (nSPS) is 33.2. The SMILES string of the molecule is CCC1NNC(C(=O)N2C[C@H]3CC[C@@H]2CN(C(=O)c2ccncc2)C3)C1C. The van der Waals surface area contributed by atoms with Crippen LogP contribution in [-0.2, 0) is 4.79 Å². The number of hydrazine groups is 1. The second-order valence-electron chi connectivity index (χ2n) is 8.17. The summed E-state index contributed by atoms with van der Waals surface area (Å²) in [5.74, 6) is 0.839. The molecule has 2 bridgehead atoms. The zero-order chi connectivity index (χ0) is 19.0. The first kappa shape index (κ1) is 18.4. The Hall–Kier alpha value is -1.99. The van der Waals surface area contributed by atoms with Crippen LogP contribution in [0.2, 0.25) is 0 Å². The first-order chi connectivity index (χ1) is 13.1. The average Bonchev–Trinajstić information content (AvgIpc) is 2.86. The Balaban J connectivity index is 1.49. The molecule has 4 saturated heterocycles. The molecular formula is C20H29N5O2. The molecule has 7 nitrogen and oxygen atoms in total. The summed E-state index contributed by atoms with van der Waals surface area (Å²) >= 11 is 0. The molecule has 5 heterocycles. The van der Waals surface area contributed by atoms with Crippen LogP contribution in [0.1, 0.15) is 43.5 Å². The lowest BCUT2D eigenvalue weighted by molar-refractivity contribution is -0.138. The van der Waals surface area contributed by atoms with Crippen molar-refractivity contribution < 1.29 is 9.59 Å². The number of rotatable bonds is 3. The molecule has 5 rings (SSSR count). The standard InChI is InChI=1S/C20H29N5O2/c1-3-17-13(2)18(23-22-17)20(27)25-11-14-4-5-16(25)12-24(10-14)19(26)15-6-8-21-9-7-15/h6-9,13-14,16-18,22-23H,3-5,10-12H2,1-2H3/t13?,14-,16+,17?,18?/m0/s1. The zero-order valence-corrected chi connectivity index (χ0v) is 16.1. The van der Waals surface area contributed by atoms with Crippen molar-refractivity contribution >= 4 is 11.8 Å². The van der Waals surface area contributed by atoms with Gasteiger partial charge in [0.05, 0.1) is 0 Å². The highest BCUT2D eigenvalue weighted by Crippen LogP contribution is 2.30. The third-order valence-electron chi connectivity index (χ3n) is 6.50. The first-order valence-corrected chi connectivity index (χ1v) is 10.1. The lowest BCUT2D eigenvalue weighted by atomic mass is 9.90. The molecule has 0 radical (unpaired) electrons. The van der Waals surface area contributed by atoms with E-state index in [1.807, 2.05) is 9.80 Å². The van der Waals surface area contributed by atoms with Crippen molar-refractivity contribution in [1.29, 1.82) is 0 Å². The van der Waals surface area contributed by atoms with Crippen LogP contribution in [0.4, 0.5) is 0 Å². The van der Waals surface area contributed by atoms with Gasteiger partial charge in [-0.2, -0.15) is 0 Å². The smallest absolute Gasteiger partial charge is 0.254 e. The van der Waals surface area contributed by atoms with Gasteiger partial charge in [-0.1, -0.05) is 13.8 Å². The van der Waals surface area contributed by atoms with E-state index in [1.54, 1.807) is 24.5 Å². The van der Waals surface area contributed by atoms with Gasteiger partial charge in [-0.25, -0.2) is 5.43 Å². The quantitative estimate of drug-likeness (QED) is 0.830. The number of aromatic nitrogens is 1. The van der Waals surface area contributed by atoms with E-state index in [4.69, 9.17) is 0 Å². The van der Waals surface area contributed by atoms with Gasteiger partial charge >= 0.3 is 0 Å². The van der Waals surface area contributed by atoms with Gasteiger partial charge in [0.1, 0.15) is 6.04 Å². The molecule has 3 unspecified atom stereocenters. The van der Waals surface area contributed by atoms with E-state index in [0.29, 0.717) is 24.1 Å². The monoisotopic (exact) mass is 371 g/mol. The summed E-state index contributed by atoms with van der Waals surface area (Å²) in [4.78, 5) is 34.2. The molecule has 0 aromatic carbocycles. The number of piperidine rings is 1. The van der Waals surface area contributed by atoms with Gasteiger partial charge in [-0.3, -0.25) is 20.0 Å². The summed E-state index contributed by atoms with van der Waals surface area (Å²) in [6, 6.07) is 3.78. The second-order valence-corrected chi connectivity index (χ2v) is 8.17. The minimum atomic E-state index is -0.182. The van der Waals surface area contributed by atoms with E-state index in [-0.39, 0.29) is 29.8 Å². The number of fused-ring (bicyclic) bond motifs is 4. The van der Waals surface area contributed by atoms with Crippen LogP contribution in [0.15, 0.2) is 24.5 Å². The van der Waals surface area contributed by atoms with Crippen LogP contribution in [0.5, 0.6) is 0 Å². The second kappa shape index (κ2) is 7.56. The fourth-order valence-corrected chi connectivity index (χ4v) is 4.83. The molecule has 0 saturated carbocycles. The summed E-state index contributed by atoms with van der Waals surface area (Å²) in [7, 11) is 0. The van der Waals surface area contributed by atoms with Crippen LogP contribution in [-0.4, -0.2) is 64.4 Å². The molecule has 4 aliphatic heterocycles. The summed E-state index contributed by atoms with van der Waals surface area (Å²) < 4.78 is 0. The number of amides is 2. The van der Waals surface area contributed by atoms with Crippen molar-refractivity contribution in [2.75, 3.05) is 19.6 Å². The first-order valence-electron chi connectivity index (χ1n) is 10.1. The minimum absolute atomic E-state index is 0.0451. The van der Waals surface area contributed by atoms with Crippen molar-refractivity contribution in [3.05, 3.63) is 30.1 Å². The summed E-state index contributed by atoms with van der Waals surface area (Å²) in [5, 5.41) is 0. The Morgan fingerprint density at radius 3 is 2.63 bits per heavy atom. The largest absolute Gasteiger partial charge is 0.336 e. The molecule has 0 spiro atoms. The lowest BCUT2D eigenvalue weighted by Crippen LogP contribution is -2.54. The maximum absolute atomic E-state index is 13.3. The number of nitrogens with one attached hydrogen (secondary N) is 2. The van der Waals surface area contributed by atoms with Gasteiger partial charge < -0.3 is 9.80 Å². The van der Waals surface area contributed by atoms with E-state index < -0.39 is 0 Å². The fourth-order valence-electron chi connectivity index (χ4n) is 4.83. The number of hydrogen-bond acceptors (Lipinski definition) is 5. The number of carbonyl (C=O) groups excluding carboxylic acids is 2. The Kier molecular flexibility index (Phi) is 5.14. The van der Waals surface area contributed by atoms with Crippen LogP contribution in [0.3, 0.4) is 0 Å². The van der Waals surface area contributed by atoms with Gasteiger partial charge in [0, 0.05) is 49.7 Å². The van der Waals surface area contributed by atoms with E-state index >= 15 is 0 Å². The molecular weight excluding hydrogens is 342 g/mol. The Labute approximate surface area is 160 Å². The predicted molar refractivity (Wildman–Crippen MR) is 102 cm³/mol. The van der Waals surface area contributed by atoms with Crippen molar-refractivity contribution in [2.24, 2.45) is 11.8 Å². The summed E-state index contributed by atoms with van der Waals surface area (Å²) in [6.07, 6.45) is 6.36. The number of pyridine rings is 1. The molecule has 146 valence electrons. The predicted octanol–water partition coefficient (Wildman–Crippen LogP) is 1.04. The van der Waals surface area contributed by atoms with E-state index in [1.165, 1.54) is 0 Å². The van der Waals surface area contributed by atoms with Gasteiger partial charge in [0.15, 0.2) is 0 Å². The van der Waals surface area contributed by atoms with Crippen LogP contribution < -0.4 is 10.9 Å². The highest BCUT2D eigenvalue weighted by molar-refractivity contribution is 5.94.